The number of hydrogen-bond donors (Lipinski definition) is 0. The Labute approximate surface area is 179 Å². The van der Waals surface area contributed by atoms with Crippen LogP contribution in [0.4, 0.5) is 0 Å². The molecule has 0 unspecified atom stereocenters. The second-order valence-corrected chi connectivity index (χ2v) is 7.67. The van der Waals surface area contributed by atoms with E-state index in [1.54, 1.807) is 6.07 Å². The van der Waals surface area contributed by atoms with Crippen molar-refractivity contribution in [2.45, 2.75) is 6.42 Å². The van der Waals surface area contributed by atoms with Crippen LogP contribution in [0.2, 0.25) is 15.1 Å². The second-order valence-electron chi connectivity index (χ2n) is 6.39. The molecule has 28 heavy (non-hydrogen) atoms. The molecule has 140 valence electrons. The molecule has 3 aromatic rings. The zero-order chi connectivity index (χ0) is 19.5. The fourth-order valence-electron chi connectivity index (χ4n) is 3.06. The first kappa shape index (κ1) is 19.1. The van der Waals surface area contributed by atoms with E-state index in [0.717, 1.165) is 41.3 Å². The predicted molar refractivity (Wildman–Crippen MR) is 119 cm³/mol. The molecule has 5 heteroatoms. The third-order valence-electron chi connectivity index (χ3n) is 4.45. The van der Waals surface area contributed by atoms with Crippen LogP contribution in [-0.4, -0.2) is 12.3 Å². The lowest BCUT2D eigenvalue weighted by Gasteiger charge is -2.16. The minimum atomic E-state index is 0.618. The fraction of sp³-hybridized carbons (Fsp3) is 0.0870. The van der Waals surface area contributed by atoms with Gasteiger partial charge in [0.15, 0.2) is 0 Å². The lowest BCUT2D eigenvalue weighted by Crippen LogP contribution is -2.10. The van der Waals surface area contributed by atoms with Crippen molar-refractivity contribution < 1.29 is 4.74 Å². The van der Waals surface area contributed by atoms with Crippen LogP contribution in [0.1, 0.15) is 16.7 Å². The number of allylic oxidation sites excluding steroid dienone is 1. The highest BCUT2D eigenvalue weighted by atomic mass is 35.5. The van der Waals surface area contributed by atoms with E-state index < -0.39 is 0 Å². The van der Waals surface area contributed by atoms with Crippen molar-refractivity contribution in [2.75, 3.05) is 6.54 Å². The molecule has 0 aromatic heterocycles. The summed E-state index contributed by atoms with van der Waals surface area (Å²) >= 11 is 18.1. The minimum absolute atomic E-state index is 0.618. The molecule has 0 N–H and O–H groups in total. The van der Waals surface area contributed by atoms with E-state index in [-0.39, 0.29) is 0 Å². The standard InChI is InChI=1S/C23H16Cl3NO/c24-17-4-6-19(7-5-17)28-20-8-9-21-16(13-20)11-12-27-23(21)10-2-15-1-3-18(25)14-22(15)26/h1-10,13-14H,11-12H2. The van der Waals surface area contributed by atoms with Crippen LogP contribution < -0.4 is 4.74 Å². The van der Waals surface area contributed by atoms with Crippen molar-refractivity contribution in [3.05, 3.63) is 98.5 Å². The Balaban J connectivity index is 1.56. The number of aliphatic imine (C=N–C) groups is 1. The molecule has 1 aliphatic rings. The molecule has 4 rings (SSSR count). The van der Waals surface area contributed by atoms with E-state index in [1.165, 1.54) is 5.56 Å². The van der Waals surface area contributed by atoms with Crippen molar-refractivity contribution in [3.63, 3.8) is 0 Å². The third kappa shape index (κ3) is 4.41. The molecule has 0 aliphatic carbocycles. The summed E-state index contributed by atoms with van der Waals surface area (Å²) in [5, 5.41) is 1.93. The van der Waals surface area contributed by atoms with Gasteiger partial charge in [-0.15, -0.1) is 0 Å². The fourth-order valence-corrected chi connectivity index (χ4v) is 3.66. The number of rotatable bonds is 4. The molecule has 1 heterocycles. The van der Waals surface area contributed by atoms with Crippen LogP contribution >= 0.6 is 34.8 Å². The summed E-state index contributed by atoms with van der Waals surface area (Å²) in [5.41, 5.74) is 4.16. The summed E-state index contributed by atoms with van der Waals surface area (Å²) in [7, 11) is 0. The number of benzene rings is 3. The van der Waals surface area contributed by atoms with Gasteiger partial charge in [0, 0.05) is 27.2 Å². The molecular weight excluding hydrogens is 413 g/mol. The minimum Gasteiger partial charge on any atom is -0.457 e. The van der Waals surface area contributed by atoms with Gasteiger partial charge in [0.05, 0.1) is 5.71 Å². The molecule has 0 atom stereocenters. The molecule has 0 fully saturated rings. The zero-order valence-electron chi connectivity index (χ0n) is 14.8. The summed E-state index contributed by atoms with van der Waals surface area (Å²) < 4.78 is 5.94. The largest absolute Gasteiger partial charge is 0.457 e. The smallest absolute Gasteiger partial charge is 0.127 e. The zero-order valence-corrected chi connectivity index (χ0v) is 17.1. The van der Waals surface area contributed by atoms with E-state index in [9.17, 15) is 0 Å². The van der Waals surface area contributed by atoms with Crippen LogP contribution in [-0.2, 0) is 6.42 Å². The predicted octanol–water partition coefficient (Wildman–Crippen LogP) is 7.50. The van der Waals surface area contributed by atoms with Gasteiger partial charge in [-0.25, -0.2) is 0 Å². The Bertz CT molecular complexity index is 1070. The van der Waals surface area contributed by atoms with E-state index in [1.807, 2.05) is 60.7 Å². The first-order chi connectivity index (χ1) is 13.6. The Hall–Kier alpha value is -2.26. The highest BCUT2D eigenvalue weighted by Crippen LogP contribution is 2.28. The first-order valence-electron chi connectivity index (χ1n) is 8.83. The maximum absolute atomic E-state index is 6.25. The number of fused-ring (bicyclic) bond motifs is 1. The van der Waals surface area contributed by atoms with Crippen molar-refractivity contribution in [1.82, 2.24) is 0 Å². The van der Waals surface area contributed by atoms with Gasteiger partial charge in [0.1, 0.15) is 11.5 Å². The van der Waals surface area contributed by atoms with Crippen LogP contribution in [0.15, 0.2) is 71.7 Å². The highest BCUT2D eigenvalue weighted by Gasteiger charge is 2.13. The SMILES string of the molecule is Clc1ccc(Oc2ccc3c(c2)CCN=C3C=Cc2ccc(Cl)cc2Cl)cc1. The Morgan fingerprint density at radius 2 is 1.54 bits per heavy atom. The van der Waals surface area contributed by atoms with Gasteiger partial charge in [-0.2, -0.15) is 0 Å². The lowest BCUT2D eigenvalue weighted by molar-refractivity contribution is 0.482. The lowest BCUT2D eigenvalue weighted by atomic mass is 9.96. The molecule has 0 amide bonds. The summed E-state index contributed by atoms with van der Waals surface area (Å²) in [4.78, 5) is 4.66. The van der Waals surface area contributed by atoms with Crippen molar-refractivity contribution in [2.24, 2.45) is 4.99 Å². The number of ether oxygens (including phenoxy) is 1. The third-order valence-corrected chi connectivity index (χ3v) is 5.26. The number of hydrogen-bond acceptors (Lipinski definition) is 2. The van der Waals surface area contributed by atoms with Crippen molar-refractivity contribution >= 4 is 46.6 Å². The molecule has 3 aromatic carbocycles. The summed E-state index contributed by atoms with van der Waals surface area (Å²) in [6.45, 7) is 0.741. The van der Waals surface area contributed by atoms with Crippen LogP contribution in [0, 0.1) is 0 Å². The van der Waals surface area contributed by atoms with Gasteiger partial charge < -0.3 is 4.74 Å². The van der Waals surface area contributed by atoms with Crippen molar-refractivity contribution in [1.29, 1.82) is 0 Å². The van der Waals surface area contributed by atoms with Gasteiger partial charge in [0.25, 0.3) is 0 Å². The molecule has 2 nitrogen and oxygen atoms in total. The van der Waals surface area contributed by atoms with Crippen LogP contribution in [0.25, 0.3) is 6.08 Å². The van der Waals surface area contributed by atoms with E-state index in [4.69, 9.17) is 39.5 Å². The van der Waals surface area contributed by atoms with E-state index in [0.29, 0.717) is 15.1 Å². The molecule has 0 saturated heterocycles. The number of halogens is 3. The second kappa shape index (κ2) is 8.40. The van der Waals surface area contributed by atoms with Crippen LogP contribution in [0.5, 0.6) is 11.5 Å². The normalized spacial score (nSPS) is 13.3. The monoisotopic (exact) mass is 427 g/mol. The van der Waals surface area contributed by atoms with Crippen molar-refractivity contribution in [3.8, 4) is 11.5 Å². The number of nitrogens with zero attached hydrogens (tertiary/aromatic N) is 1. The molecule has 0 bridgehead atoms. The molecule has 1 aliphatic heterocycles. The van der Waals surface area contributed by atoms with Gasteiger partial charge in [-0.1, -0.05) is 46.9 Å². The maximum atomic E-state index is 6.25. The van der Waals surface area contributed by atoms with E-state index >= 15 is 0 Å². The maximum Gasteiger partial charge on any atom is 0.127 e. The summed E-state index contributed by atoms with van der Waals surface area (Å²) in [5.74, 6) is 1.55. The Morgan fingerprint density at radius 3 is 2.32 bits per heavy atom. The van der Waals surface area contributed by atoms with E-state index in [2.05, 4.69) is 11.1 Å². The molecule has 0 saturated carbocycles. The average Bonchev–Trinajstić information content (AvgIpc) is 2.69. The average molecular weight is 429 g/mol. The summed E-state index contributed by atoms with van der Waals surface area (Å²) in [6.07, 6.45) is 4.84. The van der Waals surface area contributed by atoms with Gasteiger partial charge >= 0.3 is 0 Å². The van der Waals surface area contributed by atoms with Gasteiger partial charge in [-0.05, 0) is 78.2 Å². The molecule has 0 radical (unpaired) electrons. The highest BCUT2D eigenvalue weighted by molar-refractivity contribution is 6.35. The Kier molecular flexibility index (Phi) is 5.72. The van der Waals surface area contributed by atoms with Gasteiger partial charge in [-0.3, -0.25) is 4.99 Å². The van der Waals surface area contributed by atoms with Crippen LogP contribution in [0.3, 0.4) is 0 Å². The van der Waals surface area contributed by atoms with Gasteiger partial charge in [0.2, 0.25) is 0 Å². The summed E-state index contributed by atoms with van der Waals surface area (Å²) in [6, 6.07) is 18.9. The topological polar surface area (TPSA) is 21.6 Å². The quantitative estimate of drug-likeness (QED) is 0.421. The molecule has 0 spiro atoms. The first-order valence-corrected chi connectivity index (χ1v) is 9.96. The molecular formula is C23H16Cl3NO. The Morgan fingerprint density at radius 1 is 0.786 bits per heavy atom.